The summed E-state index contributed by atoms with van der Waals surface area (Å²) in [5, 5.41) is 13.8. The third-order valence-electron chi connectivity index (χ3n) is 7.36. The summed E-state index contributed by atoms with van der Waals surface area (Å²) in [7, 11) is 0. The second-order valence-corrected chi connectivity index (χ2v) is 8.99. The molecule has 4 aromatic rings. The molecular weight excluding hydrogens is 414 g/mol. The van der Waals surface area contributed by atoms with Gasteiger partial charge in [0.1, 0.15) is 11.5 Å². The number of aliphatic carboxylic acids is 1. The van der Waals surface area contributed by atoms with Gasteiger partial charge in [0.05, 0.1) is 23.3 Å². The van der Waals surface area contributed by atoms with E-state index in [1.807, 2.05) is 0 Å². The van der Waals surface area contributed by atoms with Crippen molar-refractivity contribution in [1.82, 2.24) is 14.4 Å². The molecule has 2 atom stereocenters. The maximum Gasteiger partial charge on any atom is 0.308 e. The largest absolute Gasteiger partial charge is 0.481 e. The van der Waals surface area contributed by atoms with Crippen LogP contribution in [0.15, 0.2) is 42.9 Å². The molecule has 8 heteroatoms. The Bertz CT molecular complexity index is 1350. The molecule has 4 aromatic heterocycles. The highest BCUT2D eigenvalue weighted by molar-refractivity contribution is 5.99. The predicted molar refractivity (Wildman–Crippen MR) is 116 cm³/mol. The van der Waals surface area contributed by atoms with Gasteiger partial charge in [-0.3, -0.25) is 9.20 Å². The van der Waals surface area contributed by atoms with E-state index in [9.17, 15) is 14.3 Å². The number of anilines is 1. The molecule has 0 aliphatic heterocycles. The van der Waals surface area contributed by atoms with Crippen LogP contribution in [0.3, 0.4) is 0 Å². The Kier molecular flexibility index (Phi) is 4.25. The molecule has 164 valence electrons. The van der Waals surface area contributed by atoms with Crippen molar-refractivity contribution >= 4 is 28.2 Å². The number of carboxylic acids is 1. The summed E-state index contributed by atoms with van der Waals surface area (Å²) in [4.78, 5) is 19.2. The first kappa shape index (κ1) is 19.3. The molecule has 0 aromatic carbocycles. The highest BCUT2D eigenvalue weighted by atomic mass is 19.1. The smallest absolute Gasteiger partial charge is 0.308 e. The Labute approximate surface area is 182 Å². The summed E-state index contributed by atoms with van der Waals surface area (Å²) < 4.78 is 30.9. The zero-order valence-electron chi connectivity index (χ0n) is 17.2. The molecule has 7 rings (SSSR count). The quantitative estimate of drug-likeness (QED) is 0.391. The zero-order valence-corrected chi connectivity index (χ0v) is 17.2. The molecule has 6 nitrogen and oxygen atoms in total. The molecule has 0 amide bonds. The molecule has 0 saturated heterocycles. The average molecular weight is 436 g/mol. The van der Waals surface area contributed by atoms with Gasteiger partial charge in [0.15, 0.2) is 0 Å². The van der Waals surface area contributed by atoms with Gasteiger partial charge in [-0.2, -0.15) is 4.39 Å². The molecule has 3 fully saturated rings. The number of aromatic nitrogens is 3. The van der Waals surface area contributed by atoms with Crippen LogP contribution < -0.4 is 5.32 Å². The Balaban J connectivity index is 1.49. The van der Waals surface area contributed by atoms with Gasteiger partial charge in [-0.05, 0) is 61.8 Å². The summed E-state index contributed by atoms with van der Waals surface area (Å²) in [6.45, 7) is 0. The summed E-state index contributed by atoms with van der Waals surface area (Å²) >= 11 is 0. The van der Waals surface area contributed by atoms with Crippen molar-refractivity contribution in [2.75, 3.05) is 5.32 Å². The minimum atomic E-state index is -0.822. The Morgan fingerprint density at radius 2 is 1.94 bits per heavy atom. The molecule has 0 unspecified atom stereocenters. The van der Waals surface area contributed by atoms with Crippen LogP contribution >= 0.6 is 0 Å². The zero-order chi connectivity index (χ0) is 22.0. The molecule has 3 N–H and O–H groups in total. The molecule has 0 spiro atoms. The minimum Gasteiger partial charge on any atom is -0.481 e. The van der Waals surface area contributed by atoms with E-state index < -0.39 is 23.7 Å². The van der Waals surface area contributed by atoms with Gasteiger partial charge >= 0.3 is 5.97 Å². The lowest BCUT2D eigenvalue weighted by Crippen LogP contribution is -2.51. The van der Waals surface area contributed by atoms with Gasteiger partial charge in [0.2, 0.25) is 5.95 Å². The molecule has 4 heterocycles. The van der Waals surface area contributed by atoms with Gasteiger partial charge in [-0.25, -0.2) is 9.37 Å². The number of fused-ring (bicyclic) bond motifs is 5. The lowest BCUT2D eigenvalue weighted by molar-refractivity contribution is -0.148. The number of halogens is 2. The number of hydrogen-bond donors (Lipinski definition) is 3. The summed E-state index contributed by atoms with van der Waals surface area (Å²) in [5.74, 6) is -1.95. The van der Waals surface area contributed by atoms with Crippen molar-refractivity contribution in [3.8, 4) is 11.1 Å². The van der Waals surface area contributed by atoms with Gasteiger partial charge in [-0.1, -0.05) is 0 Å². The molecule has 3 aliphatic carbocycles. The van der Waals surface area contributed by atoms with E-state index in [1.54, 1.807) is 30.6 Å². The van der Waals surface area contributed by atoms with Crippen LogP contribution in [0, 0.1) is 29.5 Å². The standard InChI is InChI=1S/C24H22F2N4O2/c25-14-8-16-17(11-28-23(16)27-10-14)15-9-18(22(26)30-7-1-2-19(15)30)29-21-13-5-3-12(4-6-13)20(21)24(31)32/h1-2,7-13,20-21,29H,3-6H2,(H,27,28)(H,31,32)/t12-,13+,20-,21-/m0/s1. The lowest BCUT2D eigenvalue weighted by atomic mass is 9.61. The fraction of sp³-hybridized carbons (Fsp3) is 0.333. The number of hydrogen-bond acceptors (Lipinski definition) is 3. The molecular formula is C24H22F2N4O2. The van der Waals surface area contributed by atoms with Crippen LogP contribution in [0.5, 0.6) is 0 Å². The maximum atomic E-state index is 15.5. The fourth-order valence-corrected chi connectivity index (χ4v) is 5.89. The van der Waals surface area contributed by atoms with Crippen LogP contribution in [-0.2, 0) is 4.79 Å². The third-order valence-corrected chi connectivity index (χ3v) is 7.36. The van der Waals surface area contributed by atoms with Crippen molar-refractivity contribution < 1.29 is 18.7 Å². The summed E-state index contributed by atoms with van der Waals surface area (Å²) in [6.07, 6.45) is 8.27. The van der Waals surface area contributed by atoms with Crippen molar-refractivity contribution in [1.29, 1.82) is 0 Å². The highest BCUT2D eigenvalue weighted by Crippen LogP contribution is 2.47. The van der Waals surface area contributed by atoms with E-state index in [1.165, 1.54) is 10.5 Å². The number of carbonyl (C=O) groups is 1. The van der Waals surface area contributed by atoms with Crippen molar-refractivity contribution in [3.63, 3.8) is 0 Å². The van der Waals surface area contributed by atoms with Crippen molar-refractivity contribution in [3.05, 3.63) is 54.6 Å². The van der Waals surface area contributed by atoms with Gasteiger partial charge in [0, 0.05) is 34.9 Å². The van der Waals surface area contributed by atoms with Gasteiger partial charge in [0.25, 0.3) is 0 Å². The monoisotopic (exact) mass is 436 g/mol. The SMILES string of the molecule is O=C(O)[C@H]1[C@H]2CC[C@H](CC2)[C@@H]1Nc1cc(-c2c[nH]c3ncc(F)cc23)c2cccn2c1F. The summed E-state index contributed by atoms with van der Waals surface area (Å²) in [6, 6.07) is 6.35. The number of pyridine rings is 2. The Morgan fingerprint density at radius 1 is 1.16 bits per heavy atom. The Morgan fingerprint density at radius 3 is 2.72 bits per heavy atom. The molecule has 3 saturated carbocycles. The molecule has 2 bridgehead atoms. The van der Waals surface area contributed by atoms with Gasteiger partial charge in [-0.15, -0.1) is 0 Å². The van der Waals surface area contributed by atoms with Crippen LogP contribution in [0.1, 0.15) is 25.7 Å². The third kappa shape index (κ3) is 2.82. The second kappa shape index (κ2) is 7.05. The van der Waals surface area contributed by atoms with E-state index in [0.717, 1.165) is 31.9 Å². The van der Waals surface area contributed by atoms with E-state index in [4.69, 9.17) is 0 Å². The van der Waals surface area contributed by atoms with Crippen LogP contribution in [-0.4, -0.2) is 31.5 Å². The van der Waals surface area contributed by atoms with E-state index >= 15 is 4.39 Å². The Hall–Kier alpha value is -3.42. The first-order valence-electron chi connectivity index (χ1n) is 10.9. The van der Waals surface area contributed by atoms with Crippen LogP contribution in [0.4, 0.5) is 14.5 Å². The maximum absolute atomic E-state index is 15.5. The second-order valence-electron chi connectivity index (χ2n) is 8.99. The lowest BCUT2D eigenvalue weighted by Gasteiger charge is -2.47. The topological polar surface area (TPSA) is 82.4 Å². The minimum absolute atomic E-state index is 0.121. The number of nitrogens with zero attached hydrogens (tertiary/aromatic N) is 2. The molecule has 0 radical (unpaired) electrons. The van der Waals surface area contributed by atoms with Crippen molar-refractivity contribution in [2.45, 2.75) is 31.7 Å². The number of carboxylic acid groups (broad SMARTS) is 1. The number of aromatic amines is 1. The number of nitrogens with one attached hydrogen (secondary N) is 2. The first-order valence-corrected chi connectivity index (χ1v) is 10.9. The average Bonchev–Trinajstić information content (AvgIpc) is 3.44. The number of rotatable bonds is 4. The van der Waals surface area contributed by atoms with Crippen molar-refractivity contribution in [2.24, 2.45) is 17.8 Å². The van der Waals surface area contributed by atoms with E-state index in [0.29, 0.717) is 27.7 Å². The van der Waals surface area contributed by atoms with Gasteiger partial charge < -0.3 is 15.4 Å². The predicted octanol–water partition coefficient (Wildman–Crippen LogP) is 5.06. The first-order chi connectivity index (χ1) is 15.5. The van der Waals surface area contributed by atoms with E-state index in [2.05, 4.69) is 15.3 Å². The highest BCUT2D eigenvalue weighted by Gasteiger charge is 2.47. The molecule has 32 heavy (non-hydrogen) atoms. The van der Waals surface area contributed by atoms with E-state index in [-0.39, 0.29) is 23.6 Å². The molecule has 3 aliphatic rings. The van der Waals surface area contributed by atoms with Crippen LogP contribution in [0.25, 0.3) is 27.7 Å². The fourth-order valence-electron chi connectivity index (χ4n) is 5.89. The number of H-pyrrole nitrogens is 1. The van der Waals surface area contributed by atoms with Crippen LogP contribution in [0.2, 0.25) is 0 Å². The summed E-state index contributed by atoms with van der Waals surface area (Å²) in [5.41, 5.74) is 2.86. The normalized spacial score (nSPS) is 24.9.